The third-order valence-corrected chi connectivity index (χ3v) is 6.94. The zero-order valence-corrected chi connectivity index (χ0v) is 17.5. The normalized spacial score (nSPS) is 20.3. The van der Waals surface area contributed by atoms with Crippen LogP contribution in [-0.4, -0.2) is 44.8 Å². The molecule has 0 atom stereocenters. The zero-order chi connectivity index (χ0) is 20.5. The number of nitrogens with zero attached hydrogens (tertiary/aromatic N) is 6. The molecule has 6 rings (SSSR count). The number of fused-ring (bicyclic) bond motifs is 3. The van der Waals surface area contributed by atoms with E-state index in [0.29, 0.717) is 11.3 Å². The Morgan fingerprint density at radius 1 is 1.10 bits per heavy atom. The lowest BCUT2D eigenvalue weighted by atomic mass is 9.57. The first-order chi connectivity index (χ1) is 14.5. The van der Waals surface area contributed by atoms with Crippen LogP contribution in [0.25, 0.3) is 5.69 Å². The first-order valence-corrected chi connectivity index (χ1v) is 10.7. The second-order valence-corrected chi connectivity index (χ2v) is 9.49. The van der Waals surface area contributed by atoms with E-state index in [0.717, 1.165) is 67.2 Å². The fourth-order valence-corrected chi connectivity index (χ4v) is 5.55. The maximum atomic E-state index is 13.1. The summed E-state index contributed by atoms with van der Waals surface area (Å²) in [6.07, 6.45) is 3.49. The standard InChI is InChI=1S/C22H22ClFN6/c1-28-10-14-6-16(23)2-4-18(14)30-20(11-28)26-27-21(30)15-7-22(8-15)12-29(13-22)19-5-3-17(24)9-25-19/h2-6,9,15H,7-8,10-13H2,1H3. The Labute approximate surface area is 179 Å². The minimum Gasteiger partial charge on any atom is -0.355 e. The maximum absolute atomic E-state index is 13.1. The van der Waals surface area contributed by atoms with Gasteiger partial charge >= 0.3 is 0 Å². The Morgan fingerprint density at radius 2 is 1.93 bits per heavy atom. The first kappa shape index (κ1) is 18.3. The van der Waals surface area contributed by atoms with E-state index in [1.165, 1.54) is 17.8 Å². The number of hydrogen-bond acceptors (Lipinski definition) is 5. The van der Waals surface area contributed by atoms with Crippen molar-refractivity contribution in [1.82, 2.24) is 24.6 Å². The Balaban J connectivity index is 1.23. The van der Waals surface area contributed by atoms with Gasteiger partial charge in [-0.05, 0) is 55.8 Å². The second-order valence-electron chi connectivity index (χ2n) is 9.05. The van der Waals surface area contributed by atoms with Gasteiger partial charge in [0.2, 0.25) is 0 Å². The van der Waals surface area contributed by atoms with Crippen LogP contribution in [-0.2, 0) is 13.1 Å². The number of benzene rings is 1. The highest BCUT2D eigenvalue weighted by molar-refractivity contribution is 6.30. The molecule has 1 aliphatic carbocycles. The number of anilines is 1. The molecule has 8 heteroatoms. The molecule has 2 aliphatic heterocycles. The van der Waals surface area contributed by atoms with Gasteiger partial charge in [0.05, 0.1) is 18.4 Å². The van der Waals surface area contributed by atoms with Gasteiger partial charge in [0.15, 0.2) is 5.82 Å². The minimum atomic E-state index is -0.294. The van der Waals surface area contributed by atoms with Gasteiger partial charge < -0.3 is 4.90 Å². The van der Waals surface area contributed by atoms with Gasteiger partial charge in [-0.25, -0.2) is 9.37 Å². The molecule has 30 heavy (non-hydrogen) atoms. The van der Waals surface area contributed by atoms with E-state index < -0.39 is 0 Å². The highest BCUT2D eigenvalue weighted by Crippen LogP contribution is 2.56. The summed E-state index contributed by atoms with van der Waals surface area (Å²) in [5.74, 6) is 3.02. The van der Waals surface area contributed by atoms with Gasteiger partial charge in [-0.1, -0.05) is 11.6 Å². The zero-order valence-electron chi connectivity index (χ0n) is 16.7. The smallest absolute Gasteiger partial charge is 0.151 e. The molecule has 0 N–H and O–H groups in total. The Morgan fingerprint density at radius 3 is 2.70 bits per heavy atom. The largest absolute Gasteiger partial charge is 0.355 e. The quantitative estimate of drug-likeness (QED) is 0.626. The van der Waals surface area contributed by atoms with Crippen LogP contribution < -0.4 is 4.90 Å². The second kappa shape index (κ2) is 6.49. The van der Waals surface area contributed by atoms with Crippen LogP contribution in [0.1, 0.15) is 36.0 Å². The van der Waals surface area contributed by atoms with Gasteiger partial charge in [0, 0.05) is 36.0 Å². The van der Waals surface area contributed by atoms with Gasteiger partial charge in [0.25, 0.3) is 0 Å². The highest BCUT2D eigenvalue weighted by atomic mass is 35.5. The molecule has 1 spiro atoms. The van der Waals surface area contributed by atoms with Crippen LogP contribution in [0, 0.1) is 11.2 Å². The van der Waals surface area contributed by atoms with E-state index in [9.17, 15) is 4.39 Å². The monoisotopic (exact) mass is 424 g/mol. The number of halogens is 2. The molecule has 0 amide bonds. The van der Waals surface area contributed by atoms with Gasteiger partial charge in [-0.2, -0.15) is 0 Å². The first-order valence-electron chi connectivity index (χ1n) is 10.3. The van der Waals surface area contributed by atoms with Crippen molar-refractivity contribution in [3.8, 4) is 5.69 Å². The van der Waals surface area contributed by atoms with Gasteiger partial charge in [0.1, 0.15) is 17.5 Å². The fourth-order valence-electron chi connectivity index (χ4n) is 5.35. The molecule has 3 aromatic rings. The van der Waals surface area contributed by atoms with E-state index in [4.69, 9.17) is 11.6 Å². The summed E-state index contributed by atoms with van der Waals surface area (Å²) in [5, 5.41) is 9.91. The lowest BCUT2D eigenvalue weighted by Crippen LogP contribution is -2.62. The van der Waals surface area contributed by atoms with Crippen molar-refractivity contribution in [2.75, 3.05) is 25.0 Å². The van der Waals surface area contributed by atoms with Crippen LogP contribution in [0.5, 0.6) is 0 Å². The summed E-state index contributed by atoms with van der Waals surface area (Å²) in [6.45, 7) is 3.55. The van der Waals surface area contributed by atoms with E-state index in [1.807, 2.05) is 12.1 Å². The fraction of sp³-hybridized carbons (Fsp3) is 0.409. The van der Waals surface area contributed by atoms with Crippen molar-refractivity contribution in [2.24, 2.45) is 5.41 Å². The van der Waals surface area contributed by atoms with Crippen LogP contribution in [0.15, 0.2) is 36.5 Å². The lowest BCUT2D eigenvalue weighted by molar-refractivity contribution is 0.0581. The van der Waals surface area contributed by atoms with E-state index in [-0.39, 0.29) is 5.82 Å². The van der Waals surface area contributed by atoms with Gasteiger partial charge in [-0.3, -0.25) is 9.47 Å². The molecule has 0 bridgehead atoms. The van der Waals surface area contributed by atoms with Crippen molar-refractivity contribution in [3.05, 3.63) is 64.6 Å². The molecule has 0 unspecified atom stereocenters. The Bertz CT molecular complexity index is 1110. The summed E-state index contributed by atoms with van der Waals surface area (Å²) in [7, 11) is 2.10. The molecular formula is C22H22ClFN6. The molecule has 1 aromatic carbocycles. The number of pyridine rings is 1. The predicted octanol–water partition coefficient (Wildman–Crippen LogP) is 3.78. The summed E-state index contributed by atoms with van der Waals surface area (Å²) in [4.78, 5) is 8.68. The minimum absolute atomic E-state index is 0.294. The lowest BCUT2D eigenvalue weighted by Gasteiger charge is -2.59. The van der Waals surface area contributed by atoms with Crippen molar-refractivity contribution in [3.63, 3.8) is 0 Å². The summed E-state index contributed by atoms with van der Waals surface area (Å²) < 4.78 is 15.4. The van der Waals surface area contributed by atoms with E-state index in [2.05, 4.69) is 42.7 Å². The van der Waals surface area contributed by atoms with Crippen molar-refractivity contribution in [1.29, 1.82) is 0 Å². The maximum Gasteiger partial charge on any atom is 0.151 e. The summed E-state index contributed by atoms with van der Waals surface area (Å²) in [6, 6.07) is 9.32. The molecule has 0 radical (unpaired) electrons. The molecule has 6 nitrogen and oxygen atoms in total. The average Bonchev–Trinajstić information content (AvgIpc) is 2.97. The average molecular weight is 425 g/mol. The van der Waals surface area contributed by atoms with Crippen LogP contribution in [0.4, 0.5) is 10.2 Å². The predicted molar refractivity (Wildman–Crippen MR) is 112 cm³/mol. The van der Waals surface area contributed by atoms with Crippen LogP contribution in [0.2, 0.25) is 5.02 Å². The van der Waals surface area contributed by atoms with Crippen LogP contribution >= 0.6 is 11.6 Å². The summed E-state index contributed by atoms with van der Waals surface area (Å²) >= 11 is 6.27. The van der Waals surface area contributed by atoms with Crippen molar-refractivity contribution >= 4 is 17.4 Å². The van der Waals surface area contributed by atoms with Gasteiger partial charge in [-0.15, -0.1) is 10.2 Å². The molecule has 1 saturated heterocycles. The third kappa shape index (κ3) is 2.83. The Kier molecular flexibility index (Phi) is 3.95. The van der Waals surface area contributed by atoms with Crippen LogP contribution in [0.3, 0.4) is 0 Å². The van der Waals surface area contributed by atoms with E-state index >= 15 is 0 Å². The number of rotatable bonds is 2. The molecule has 1 saturated carbocycles. The SMILES string of the molecule is CN1Cc2cc(Cl)ccc2-n2c(nnc2C2CC3(C2)CN(c2ccc(F)cn2)C3)C1. The molecule has 154 valence electrons. The number of aromatic nitrogens is 4. The highest BCUT2D eigenvalue weighted by Gasteiger charge is 2.54. The Hall–Kier alpha value is -2.51. The summed E-state index contributed by atoms with van der Waals surface area (Å²) in [5.41, 5.74) is 2.67. The molecule has 2 aromatic heterocycles. The molecule has 4 heterocycles. The molecular weight excluding hydrogens is 403 g/mol. The van der Waals surface area contributed by atoms with E-state index in [1.54, 1.807) is 6.07 Å². The topological polar surface area (TPSA) is 50.1 Å². The molecule has 2 fully saturated rings. The van der Waals surface area contributed by atoms with Crippen molar-refractivity contribution in [2.45, 2.75) is 31.8 Å². The number of hydrogen-bond donors (Lipinski definition) is 0. The molecule has 3 aliphatic rings. The van der Waals surface area contributed by atoms with Crippen molar-refractivity contribution < 1.29 is 4.39 Å². The third-order valence-electron chi connectivity index (χ3n) is 6.70.